The third kappa shape index (κ3) is 3.03. The second-order valence-corrected chi connectivity index (χ2v) is 5.52. The molecule has 2 rings (SSSR count). The highest BCUT2D eigenvalue weighted by atomic mass is 79.9. The van der Waals surface area contributed by atoms with Crippen molar-refractivity contribution in [1.29, 1.82) is 0 Å². The Labute approximate surface area is 120 Å². The molecule has 0 heterocycles. The van der Waals surface area contributed by atoms with E-state index < -0.39 is 0 Å². The van der Waals surface area contributed by atoms with Crippen LogP contribution in [0.2, 0.25) is 0 Å². The first kappa shape index (κ1) is 14.2. The van der Waals surface area contributed by atoms with Crippen LogP contribution in [0, 0.1) is 19.7 Å². The molecule has 2 aromatic rings. The number of aryl methyl sites for hydroxylation is 2. The SMILES string of the molecule is Cc1cc(F)ccc1C(NN)c1cc(Br)ccc1C. The summed E-state index contributed by atoms with van der Waals surface area (Å²) in [6.45, 7) is 3.92. The van der Waals surface area contributed by atoms with E-state index >= 15 is 0 Å². The van der Waals surface area contributed by atoms with Gasteiger partial charge in [0.05, 0.1) is 6.04 Å². The zero-order chi connectivity index (χ0) is 14.0. The lowest BCUT2D eigenvalue weighted by Crippen LogP contribution is -2.30. The zero-order valence-corrected chi connectivity index (χ0v) is 12.5. The second-order valence-electron chi connectivity index (χ2n) is 4.60. The van der Waals surface area contributed by atoms with Gasteiger partial charge in [-0.25, -0.2) is 9.82 Å². The van der Waals surface area contributed by atoms with Crippen molar-refractivity contribution < 1.29 is 4.39 Å². The van der Waals surface area contributed by atoms with Crippen molar-refractivity contribution >= 4 is 15.9 Å². The van der Waals surface area contributed by atoms with Crippen molar-refractivity contribution in [3.63, 3.8) is 0 Å². The molecule has 0 saturated carbocycles. The molecule has 0 aromatic heterocycles. The van der Waals surface area contributed by atoms with Gasteiger partial charge in [0.1, 0.15) is 5.82 Å². The van der Waals surface area contributed by atoms with Gasteiger partial charge in [0.15, 0.2) is 0 Å². The summed E-state index contributed by atoms with van der Waals surface area (Å²) in [6.07, 6.45) is 0. The highest BCUT2D eigenvalue weighted by Gasteiger charge is 2.17. The van der Waals surface area contributed by atoms with E-state index in [0.717, 1.165) is 26.7 Å². The first-order valence-electron chi connectivity index (χ1n) is 6.01. The number of halogens is 2. The number of hydrogen-bond donors (Lipinski definition) is 2. The predicted octanol–water partition coefficient (Wildman–Crippen LogP) is 3.76. The molecule has 0 bridgehead atoms. The summed E-state index contributed by atoms with van der Waals surface area (Å²) in [5, 5.41) is 0. The Morgan fingerprint density at radius 2 is 1.79 bits per heavy atom. The molecule has 1 atom stereocenters. The average Bonchev–Trinajstić information content (AvgIpc) is 2.36. The van der Waals surface area contributed by atoms with Crippen LogP contribution in [0.4, 0.5) is 4.39 Å². The minimum Gasteiger partial charge on any atom is -0.271 e. The molecule has 1 unspecified atom stereocenters. The van der Waals surface area contributed by atoms with E-state index in [2.05, 4.69) is 21.4 Å². The van der Waals surface area contributed by atoms with Crippen molar-refractivity contribution in [3.05, 3.63) is 68.9 Å². The van der Waals surface area contributed by atoms with Crippen LogP contribution in [0.15, 0.2) is 40.9 Å². The lowest BCUT2D eigenvalue weighted by Gasteiger charge is -2.21. The standard InChI is InChI=1S/C15H16BrFN2/c1-9-3-4-11(16)8-14(9)15(19-18)13-6-5-12(17)7-10(13)2/h3-8,15,19H,18H2,1-2H3. The molecule has 0 fully saturated rings. The first-order chi connectivity index (χ1) is 9.02. The maximum Gasteiger partial charge on any atom is 0.123 e. The molecular formula is C15H16BrFN2. The minimum atomic E-state index is -0.233. The topological polar surface area (TPSA) is 38.0 Å². The summed E-state index contributed by atoms with van der Waals surface area (Å²) >= 11 is 3.47. The molecule has 0 saturated heterocycles. The van der Waals surface area contributed by atoms with E-state index in [4.69, 9.17) is 5.84 Å². The Bertz CT molecular complexity index is 599. The van der Waals surface area contributed by atoms with Gasteiger partial charge in [0, 0.05) is 4.47 Å². The van der Waals surface area contributed by atoms with Crippen LogP contribution >= 0.6 is 15.9 Å². The Hall–Kier alpha value is -1.23. The molecule has 4 heteroatoms. The van der Waals surface area contributed by atoms with Crippen LogP contribution in [0.1, 0.15) is 28.3 Å². The number of nitrogens with two attached hydrogens (primary N) is 1. The van der Waals surface area contributed by atoms with Crippen LogP contribution in [0.3, 0.4) is 0 Å². The highest BCUT2D eigenvalue weighted by Crippen LogP contribution is 2.29. The maximum absolute atomic E-state index is 13.2. The van der Waals surface area contributed by atoms with Crippen molar-refractivity contribution in [1.82, 2.24) is 5.43 Å². The first-order valence-corrected chi connectivity index (χ1v) is 6.80. The van der Waals surface area contributed by atoms with Crippen molar-refractivity contribution in [2.24, 2.45) is 5.84 Å². The van der Waals surface area contributed by atoms with E-state index in [0.29, 0.717) is 0 Å². The van der Waals surface area contributed by atoms with E-state index in [-0.39, 0.29) is 11.9 Å². The summed E-state index contributed by atoms with van der Waals surface area (Å²) in [7, 11) is 0. The van der Waals surface area contributed by atoms with Gasteiger partial charge in [-0.1, -0.05) is 28.1 Å². The summed E-state index contributed by atoms with van der Waals surface area (Å²) in [4.78, 5) is 0. The lowest BCUT2D eigenvalue weighted by molar-refractivity contribution is 0.610. The van der Waals surface area contributed by atoms with Crippen LogP contribution in [-0.2, 0) is 0 Å². The number of nitrogens with one attached hydrogen (secondary N) is 1. The third-order valence-corrected chi connectivity index (χ3v) is 3.76. The fraction of sp³-hybridized carbons (Fsp3) is 0.200. The van der Waals surface area contributed by atoms with Crippen molar-refractivity contribution in [2.45, 2.75) is 19.9 Å². The molecule has 0 spiro atoms. The van der Waals surface area contributed by atoms with Gasteiger partial charge in [-0.3, -0.25) is 5.84 Å². The zero-order valence-electron chi connectivity index (χ0n) is 10.9. The molecule has 0 radical (unpaired) electrons. The van der Waals surface area contributed by atoms with Gasteiger partial charge in [-0.2, -0.15) is 0 Å². The highest BCUT2D eigenvalue weighted by molar-refractivity contribution is 9.10. The largest absolute Gasteiger partial charge is 0.271 e. The van der Waals surface area contributed by atoms with Gasteiger partial charge in [-0.15, -0.1) is 0 Å². The van der Waals surface area contributed by atoms with E-state index in [1.165, 1.54) is 12.1 Å². The molecule has 0 amide bonds. The Morgan fingerprint density at radius 1 is 1.05 bits per heavy atom. The molecule has 100 valence electrons. The lowest BCUT2D eigenvalue weighted by atomic mass is 9.93. The minimum absolute atomic E-state index is 0.155. The summed E-state index contributed by atoms with van der Waals surface area (Å²) in [5.41, 5.74) is 6.88. The second kappa shape index (κ2) is 5.82. The Morgan fingerprint density at radius 3 is 2.42 bits per heavy atom. The van der Waals surface area contributed by atoms with Gasteiger partial charge < -0.3 is 0 Å². The molecule has 3 N–H and O–H groups in total. The fourth-order valence-corrected chi connectivity index (χ4v) is 2.61. The molecule has 0 aliphatic carbocycles. The van der Waals surface area contributed by atoms with E-state index in [1.54, 1.807) is 6.07 Å². The molecule has 19 heavy (non-hydrogen) atoms. The Balaban J connectivity index is 2.52. The number of hydrogen-bond acceptors (Lipinski definition) is 2. The van der Waals surface area contributed by atoms with E-state index in [9.17, 15) is 4.39 Å². The van der Waals surface area contributed by atoms with Gasteiger partial charge in [0.2, 0.25) is 0 Å². The summed E-state index contributed by atoms with van der Waals surface area (Å²) < 4.78 is 14.2. The molecular weight excluding hydrogens is 307 g/mol. The van der Waals surface area contributed by atoms with Crippen molar-refractivity contribution in [2.75, 3.05) is 0 Å². The van der Waals surface area contributed by atoms with Crippen LogP contribution in [0.5, 0.6) is 0 Å². The third-order valence-electron chi connectivity index (χ3n) is 3.26. The van der Waals surface area contributed by atoms with Crippen LogP contribution in [0.25, 0.3) is 0 Å². The summed E-state index contributed by atoms with van der Waals surface area (Å²) in [6, 6.07) is 10.6. The van der Waals surface area contributed by atoms with Crippen LogP contribution < -0.4 is 11.3 Å². The normalized spacial score (nSPS) is 12.5. The number of hydrazine groups is 1. The number of benzene rings is 2. The average molecular weight is 323 g/mol. The maximum atomic E-state index is 13.2. The van der Waals surface area contributed by atoms with Crippen LogP contribution in [-0.4, -0.2) is 0 Å². The van der Waals surface area contributed by atoms with Gasteiger partial charge >= 0.3 is 0 Å². The monoisotopic (exact) mass is 322 g/mol. The molecule has 0 aliphatic heterocycles. The Kier molecular flexibility index (Phi) is 4.34. The molecule has 0 aliphatic rings. The number of rotatable bonds is 3. The molecule has 2 aromatic carbocycles. The fourth-order valence-electron chi connectivity index (χ4n) is 2.23. The van der Waals surface area contributed by atoms with Gasteiger partial charge in [0.25, 0.3) is 0 Å². The molecule has 2 nitrogen and oxygen atoms in total. The van der Waals surface area contributed by atoms with E-state index in [1.807, 2.05) is 32.0 Å². The summed E-state index contributed by atoms with van der Waals surface area (Å²) in [5.74, 6) is 5.47. The predicted molar refractivity (Wildman–Crippen MR) is 79.2 cm³/mol. The van der Waals surface area contributed by atoms with Crippen molar-refractivity contribution in [3.8, 4) is 0 Å². The smallest absolute Gasteiger partial charge is 0.123 e. The van der Waals surface area contributed by atoms with Gasteiger partial charge in [-0.05, 0) is 60.4 Å². The quantitative estimate of drug-likeness (QED) is 0.667.